The number of nitrogens with zero attached hydrogens (tertiary/aromatic N) is 3. The van der Waals surface area contributed by atoms with Crippen molar-refractivity contribution in [2.45, 2.75) is 44.9 Å². The summed E-state index contributed by atoms with van der Waals surface area (Å²) in [6, 6.07) is 0.231. The molecule has 0 radical (unpaired) electrons. The molecule has 6 nitrogen and oxygen atoms in total. The first-order chi connectivity index (χ1) is 9.82. The van der Waals surface area contributed by atoms with Gasteiger partial charge in [-0.1, -0.05) is 13.8 Å². The zero-order valence-corrected chi connectivity index (χ0v) is 13.1. The molecule has 6 heteroatoms. The molecule has 21 heavy (non-hydrogen) atoms. The molecule has 0 aromatic carbocycles. The number of β-amino-alcohol motifs (C(OH)–C–C–N with tert-alkyl or cyclic N) is 1. The van der Waals surface area contributed by atoms with Crippen molar-refractivity contribution in [3.8, 4) is 0 Å². The van der Waals surface area contributed by atoms with Gasteiger partial charge in [-0.25, -0.2) is 0 Å². The molecule has 2 atom stereocenters. The fourth-order valence-electron chi connectivity index (χ4n) is 4.12. The van der Waals surface area contributed by atoms with Crippen LogP contribution >= 0.6 is 0 Å². The lowest BCUT2D eigenvalue weighted by Crippen LogP contribution is -2.79. The molecule has 0 unspecified atom stereocenters. The van der Waals surface area contributed by atoms with Crippen LogP contribution in [0.1, 0.15) is 27.2 Å². The van der Waals surface area contributed by atoms with Gasteiger partial charge in [0.15, 0.2) is 0 Å². The number of fused-ring (bicyclic) bond motifs is 2. The van der Waals surface area contributed by atoms with E-state index in [9.17, 15) is 14.7 Å². The molecule has 1 N–H and O–H groups in total. The lowest BCUT2D eigenvalue weighted by atomic mass is 9.83. The first kappa shape index (κ1) is 14.8. The summed E-state index contributed by atoms with van der Waals surface area (Å²) in [6.45, 7) is 8.83. The third-order valence-corrected chi connectivity index (χ3v) is 5.14. The van der Waals surface area contributed by atoms with Crippen LogP contribution in [0.15, 0.2) is 0 Å². The van der Waals surface area contributed by atoms with Crippen LogP contribution in [0, 0.1) is 5.92 Å². The normalized spacial score (nSPS) is 31.5. The SMILES string of the molecule is CC(=O)N1C[C@@H]2C[C@@H](O)CN2C2(C1)CN(C(=O)C(C)C)C2. The van der Waals surface area contributed by atoms with Crippen molar-refractivity contribution in [2.75, 3.05) is 32.7 Å². The minimum atomic E-state index is -0.311. The topological polar surface area (TPSA) is 64.1 Å². The molecule has 3 fully saturated rings. The lowest BCUT2D eigenvalue weighted by molar-refractivity contribution is -0.163. The highest BCUT2D eigenvalue weighted by Crippen LogP contribution is 2.39. The van der Waals surface area contributed by atoms with E-state index in [1.54, 1.807) is 6.92 Å². The second-order valence-corrected chi connectivity index (χ2v) is 7.17. The van der Waals surface area contributed by atoms with Crippen molar-refractivity contribution in [3.05, 3.63) is 0 Å². The summed E-state index contributed by atoms with van der Waals surface area (Å²) in [6.07, 6.45) is 0.414. The Morgan fingerprint density at radius 3 is 2.33 bits per heavy atom. The fourth-order valence-corrected chi connectivity index (χ4v) is 4.12. The van der Waals surface area contributed by atoms with E-state index in [1.165, 1.54) is 0 Å². The lowest BCUT2D eigenvalue weighted by Gasteiger charge is -2.61. The molecule has 3 heterocycles. The summed E-state index contributed by atoms with van der Waals surface area (Å²) in [4.78, 5) is 30.0. The highest BCUT2D eigenvalue weighted by molar-refractivity contribution is 5.79. The number of likely N-dealkylation sites (tertiary alicyclic amines) is 1. The Kier molecular flexibility index (Phi) is 3.48. The Hall–Kier alpha value is -1.14. The Morgan fingerprint density at radius 1 is 1.14 bits per heavy atom. The molecule has 118 valence electrons. The van der Waals surface area contributed by atoms with Crippen LogP contribution in [0.4, 0.5) is 0 Å². The zero-order chi connectivity index (χ0) is 15.4. The highest BCUT2D eigenvalue weighted by Gasteiger charge is 2.57. The van der Waals surface area contributed by atoms with Crippen LogP contribution in [-0.2, 0) is 9.59 Å². The summed E-state index contributed by atoms with van der Waals surface area (Å²) in [5.74, 6) is 0.274. The van der Waals surface area contributed by atoms with Crippen molar-refractivity contribution in [1.29, 1.82) is 0 Å². The van der Waals surface area contributed by atoms with Gasteiger partial charge in [-0.05, 0) is 6.42 Å². The van der Waals surface area contributed by atoms with Gasteiger partial charge >= 0.3 is 0 Å². The Morgan fingerprint density at radius 2 is 1.76 bits per heavy atom. The van der Waals surface area contributed by atoms with Gasteiger partial charge in [-0.2, -0.15) is 0 Å². The van der Waals surface area contributed by atoms with E-state index in [2.05, 4.69) is 4.90 Å². The van der Waals surface area contributed by atoms with E-state index in [4.69, 9.17) is 0 Å². The zero-order valence-electron chi connectivity index (χ0n) is 13.1. The van der Waals surface area contributed by atoms with Crippen LogP contribution in [0.25, 0.3) is 0 Å². The van der Waals surface area contributed by atoms with Gasteiger partial charge < -0.3 is 14.9 Å². The second kappa shape index (κ2) is 4.95. The van der Waals surface area contributed by atoms with E-state index in [0.717, 1.165) is 6.42 Å². The Labute approximate surface area is 125 Å². The molecule has 0 aromatic heterocycles. The predicted octanol–water partition coefficient (Wildman–Crippen LogP) is -0.479. The number of hydrogen-bond acceptors (Lipinski definition) is 4. The van der Waals surface area contributed by atoms with E-state index in [1.807, 2.05) is 23.6 Å². The molecule has 3 saturated heterocycles. The van der Waals surface area contributed by atoms with Gasteiger partial charge in [0.05, 0.1) is 11.6 Å². The number of aliphatic hydroxyl groups excluding tert-OH is 1. The number of rotatable bonds is 1. The first-order valence-electron chi connectivity index (χ1n) is 7.81. The molecule has 3 rings (SSSR count). The number of hydrogen-bond donors (Lipinski definition) is 1. The average Bonchev–Trinajstić information content (AvgIpc) is 2.74. The molecule has 0 bridgehead atoms. The third kappa shape index (κ3) is 2.34. The summed E-state index contributed by atoms with van der Waals surface area (Å²) in [5, 5.41) is 9.97. The van der Waals surface area contributed by atoms with E-state index in [-0.39, 0.29) is 35.4 Å². The van der Waals surface area contributed by atoms with Gasteiger partial charge in [-0.15, -0.1) is 0 Å². The summed E-state index contributed by atoms with van der Waals surface area (Å²) >= 11 is 0. The first-order valence-corrected chi connectivity index (χ1v) is 7.81. The summed E-state index contributed by atoms with van der Waals surface area (Å²) < 4.78 is 0. The largest absolute Gasteiger partial charge is 0.392 e. The monoisotopic (exact) mass is 295 g/mol. The van der Waals surface area contributed by atoms with Crippen molar-refractivity contribution < 1.29 is 14.7 Å². The summed E-state index contributed by atoms with van der Waals surface area (Å²) in [5.41, 5.74) is -0.142. The van der Waals surface area contributed by atoms with Crippen LogP contribution in [0.3, 0.4) is 0 Å². The molecule has 0 aromatic rings. The van der Waals surface area contributed by atoms with E-state index in [0.29, 0.717) is 32.7 Å². The molecular weight excluding hydrogens is 270 g/mol. The Bertz CT molecular complexity index is 459. The second-order valence-electron chi connectivity index (χ2n) is 7.17. The predicted molar refractivity (Wildman–Crippen MR) is 77.5 cm³/mol. The molecule has 3 aliphatic rings. The standard InChI is InChI=1S/C15H25N3O3/c1-10(2)14(21)17-8-15(9-17)7-16(11(3)19)5-12-4-13(20)6-18(12)15/h10,12-13,20H,4-9H2,1-3H3/t12-,13+/m0/s1. The minimum Gasteiger partial charge on any atom is -0.392 e. The van der Waals surface area contributed by atoms with Gasteiger partial charge in [0.1, 0.15) is 0 Å². The number of carbonyl (C=O) groups is 2. The van der Waals surface area contributed by atoms with Gasteiger partial charge in [0, 0.05) is 51.6 Å². The maximum absolute atomic E-state index is 12.1. The van der Waals surface area contributed by atoms with Crippen molar-refractivity contribution in [2.24, 2.45) is 5.92 Å². The molecule has 1 spiro atoms. The smallest absolute Gasteiger partial charge is 0.225 e. The molecule has 3 aliphatic heterocycles. The number of amides is 2. The van der Waals surface area contributed by atoms with Gasteiger partial charge in [0.25, 0.3) is 0 Å². The van der Waals surface area contributed by atoms with Gasteiger partial charge in [-0.3, -0.25) is 14.5 Å². The third-order valence-electron chi connectivity index (χ3n) is 5.14. The highest BCUT2D eigenvalue weighted by atomic mass is 16.3. The number of carbonyl (C=O) groups excluding carboxylic acids is 2. The molecular formula is C15H25N3O3. The summed E-state index contributed by atoms with van der Waals surface area (Å²) in [7, 11) is 0. The minimum absolute atomic E-state index is 0.00909. The Balaban J connectivity index is 1.77. The van der Waals surface area contributed by atoms with E-state index < -0.39 is 0 Å². The number of aliphatic hydroxyl groups is 1. The molecule has 0 saturated carbocycles. The van der Waals surface area contributed by atoms with Crippen molar-refractivity contribution in [1.82, 2.24) is 14.7 Å². The van der Waals surface area contributed by atoms with E-state index >= 15 is 0 Å². The maximum Gasteiger partial charge on any atom is 0.225 e. The van der Waals surface area contributed by atoms with Crippen molar-refractivity contribution in [3.63, 3.8) is 0 Å². The van der Waals surface area contributed by atoms with Crippen LogP contribution < -0.4 is 0 Å². The maximum atomic E-state index is 12.1. The van der Waals surface area contributed by atoms with Crippen LogP contribution in [-0.4, -0.2) is 82.0 Å². The van der Waals surface area contributed by atoms with Crippen molar-refractivity contribution >= 4 is 11.8 Å². The molecule has 2 amide bonds. The quantitative estimate of drug-likeness (QED) is 0.710. The molecule has 0 aliphatic carbocycles. The fraction of sp³-hybridized carbons (Fsp3) is 0.867. The average molecular weight is 295 g/mol. The van der Waals surface area contributed by atoms with Crippen LogP contribution in [0.5, 0.6) is 0 Å². The van der Waals surface area contributed by atoms with Crippen LogP contribution in [0.2, 0.25) is 0 Å². The van der Waals surface area contributed by atoms with Gasteiger partial charge in [0.2, 0.25) is 11.8 Å². The number of piperazine rings is 1.